The van der Waals surface area contributed by atoms with Gasteiger partial charge in [-0.05, 0) is 25.1 Å². The fourth-order valence-electron chi connectivity index (χ4n) is 1.57. The third-order valence-corrected chi connectivity index (χ3v) is 2.60. The van der Waals surface area contributed by atoms with Gasteiger partial charge < -0.3 is 8.83 Å². The average Bonchev–Trinajstić information content (AvgIpc) is 3.04. The molecule has 0 fully saturated rings. The summed E-state index contributed by atoms with van der Waals surface area (Å²) in [5.74, 6) is 0.540. The molecule has 2 aromatic rings. The molecule has 6 nitrogen and oxygen atoms in total. The van der Waals surface area contributed by atoms with Gasteiger partial charge >= 0.3 is 0 Å². The van der Waals surface area contributed by atoms with Crippen molar-refractivity contribution in [2.45, 2.75) is 19.8 Å². The first-order valence-corrected chi connectivity index (χ1v) is 5.82. The topological polar surface area (TPSA) is 84.5 Å². The van der Waals surface area contributed by atoms with Crippen LogP contribution in [0.5, 0.6) is 0 Å². The van der Waals surface area contributed by atoms with Crippen molar-refractivity contribution in [3.05, 3.63) is 47.8 Å². The average molecular weight is 262 g/mol. The van der Waals surface area contributed by atoms with Crippen LogP contribution in [0.4, 0.5) is 0 Å². The van der Waals surface area contributed by atoms with Gasteiger partial charge in [-0.1, -0.05) is 0 Å². The molecule has 0 aliphatic carbocycles. The quantitative estimate of drug-likeness (QED) is 0.819. The van der Waals surface area contributed by atoms with Gasteiger partial charge in [0, 0.05) is 12.8 Å². The molecule has 2 amide bonds. The van der Waals surface area contributed by atoms with E-state index in [1.165, 1.54) is 6.26 Å². The van der Waals surface area contributed by atoms with Gasteiger partial charge in [-0.25, -0.2) is 0 Å². The molecule has 100 valence electrons. The Kier molecular flexibility index (Phi) is 4.02. The lowest BCUT2D eigenvalue weighted by Gasteiger charge is -2.06. The van der Waals surface area contributed by atoms with Crippen LogP contribution in [0.3, 0.4) is 0 Å². The first-order valence-electron chi connectivity index (χ1n) is 5.82. The first-order chi connectivity index (χ1) is 9.16. The van der Waals surface area contributed by atoms with Gasteiger partial charge in [0.1, 0.15) is 11.5 Å². The summed E-state index contributed by atoms with van der Waals surface area (Å²) in [5, 5.41) is 0. The molecule has 0 atom stereocenters. The fraction of sp³-hybridized carbons (Fsp3) is 0.231. The van der Waals surface area contributed by atoms with Crippen molar-refractivity contribution in [1.82, 2.24) is 10.9 Å². The summed E-state index contributed by atoms with van der Waals surface area (Å²) < 4.78 is 10.1. The molecular formula is C13H14N2O4. The maximum absolute atomic E-state index is 11.7. The highest BCUT2D eigenvalue weighted by Gasteiger charge is 2.12. The molecule has 0 aromatic carbocycles. The van der Waals surface area contributed by atoms with Crippen molar-refractivity contribution in [3.8, 4) is 0 Å². The number of nitrogens with one attached hydrogen (secondary N) is 2. The second-order valence-corrected chi connectivity index (χ2v) is 3.97. The van der Waals surface area contributed by atoms with Gasteiger partial charge in [0.15, 0.2) is 0 Å². The first kappa shape index (κ1) is 12.9. The van der Waals surface area contributed by atoms with Crippen LogP contribution in [0.25, 0.3) is 0 Å². The largest absolute Gasteiger partial charge is 0.469 e. The number of carbonyl (C=O) groups is 2. The number of hydrogen-bond donors (Lipinski definition) is 2. The van der Waals surface area contributed by atoms with E-state index in [0.717, 1.165) is 5.76 Å². The molecule has 2 aromatic heterocycles. The summed E-state index contributed by atoms with van der Waals surface area (Å²) in [5.41, 5.74) is 5.06. The van der Waals surface area contributed by atoms with Crippen molar-refractivity contribution >= 4 is 11.8 Å². The van der Waals surface area contributed by atoms with Crippen LogP contribution in [0, 0.1) is 6.92 Å². The van der Waals surface area contributed by atoms with Crippen LogP contribution in [-0.2, 0) is 11.2 Å². The second kappa shape index (κ2) is 5.90. The lowest BCUT2D eigenvalue weighted by Crippen LogP contribution is -2.41. The van der Waals surface area contributed by atoms with E-state index < -0.39 is 5.91 Å². The molecule has 2 rings (SSSR count). The SMILES string of the molecule is Cc1occc1C(=O)NNC(=O)CCc1ccco1. The standard InChI is InChI=1S/C13H14N2O4/c1-9-11(6-8-18-9)13(17)15-14-12(16)5-4-10-3-2-7-19-10/h2-3,6-8H,4-5H2,1H3,(H,14,16)(H,15,17). The third-order valence-electron chi connectivity index (χ3n) is 2.60. The Morgan fingerprint density at radius 1 is 1.16 bits per heavy atom. The van der Waals surface area contributed by atoms with Crippen LogP contribution >= 0.6 is 0 Å². The zero-order chi connectivity index (χ0) is 13.7. The zero-order valence-corrected chi connectivity index (χ0v) is 10.4. The van der Waals surface area contributed by atoms with E-state index in [1.807, 2.05) is 0 Å². The molecule has 0 radical (unpaired) electrons. The predicted octanol–water partition coefficient (Wildman–Crippen LogP) is 1.57. The normalized spacial score (nSPS) is 10.2. The Labute approximate surface area is 109 Å². The molecular weight excluding hydrogens is 248 g/mol. The monoisotopic (exact) mass is 262 g/mol. The lowest BCUT2D eigenvalue weighted by molar-refractivity contribution is -0.121. The molecule has 2 heterocycles. The minimum absolute atomic E-state index is 0.234. The van der Waals surface area contributed by atoms with Crippen LogP contribution < -0.4 is 10.9 Å². The lowest BCUT2D eigenvalue weighted by atomic mass is 10.2. The van der Waals surface area contributed by atoms with E-state index in [0.29, 0.717) is 17.7 Å². The van der Waals surface area contributed by atoms with Crippen LogP contribution in [0.15, 0.2) is 39.6 Å². The number of aryl methyl sites for hydroxylation is 2. The molecule has 0 aliphatic rings. The maximum atomic E-state index is 11.7. The Morgan fingerprint density at radius 3 is 2.63 bits per heavy atom. The molecule has 0 spiro atoms. The number of amides is 2. The van der Waals surface area contributed by atoms with E-state index in [-0.39, 0.29) is 12.3 Å². The van der Waals surface area contributed by atoms with Gasteiger partial charge in [0.2, 0.25) is 5.91 Å². The molecule has 2 N–H and O–H groups in total. The number of hydrogen-bond acceptors (Lipinski definition) is 4. The number of hydrazine groups is 1. The zero-order valence-electron chi connectivity index (χ0n) is 10.4. The molecule has 0 bridgehead atoms. The molecule has 0 saturated heterocycles. The van der Waals surface area contributed by atoms with E-state index >= 15 is 0 Å². The van der Waals surface area contributed by atoms with Gasteiger partial charge in [-0.15, -0.1) is 0 Å². The number of rotatable bonds is 4. The summed E-state index contributed by atoms with van der Waals surface area (Å²) in [6.07, 6.45) is 3.69. The minimum Gasteiger partial charge on any atom is -0.469 e. The molecule has 0 unspecified atom stereocenters. The summed E-state index contributed by atoms with van der Waals surface area (Å²) in [4.78, 5) is 23.2. The van der Waals surface area contributed by atoms with E-state index in [2.05, 4.69) is 10.9 Å². The molecule has 0 aliphatic heterocycles. The Hall–Kier alpha value is -2.50. The van der Waals surface area contributed by atoms with E-state index in [1.54, 1.807) is 31.4 Å². The van der Waals surface area contributed by atoms with E-state index in [4.69, 9.17) is 8.83 Å². The van der Waals surface area contributed by atoms with Crippen molar-refractivity contribution in [3.63, 3.8) is 0 Å². The second-order valence-electron chi connectivity index (χ2n) is 3.97. The van der Waals surface area contributed by atoms with Crippen molar-refractivity contribution in [1.29, 1.82) is 0 Å². The summed E-state index contributed by atoms with van der Waals surface area (Å²) in [7, 11) is 0. The van der Waals surface area contributed by atoms with Gasteiger partial charge in [-0.3, -0.25) is 20.4 Å². The Morgan fingerprint density at radius 2 is 2.00 bits per heavy atom. The summed E-state index contributed by atoms with van der Waals surface area (Å²) in [6.45, 7) is 1.67. The van der Waals surface area contributed by atoms with Crippen LogP contribution in [0.1, 0.15) is 28.3 Å². The predicted molar refractivity (Wildman–Crippen MR) is 66.1 cm³/mol. The number of furan rings is 2. The Balaban J connectivity index is 1.74. The van der Waals surface area contributed by atoms with E-state index in [9.17, 15) is 9.59 Å². The van der Waals surface area contributed by atoms with Crippen LogP contribution in [-0.4, -0.2) is 11.8 Å². The smallest absolute Gasteiger partial charge is 0.273 e. The minimum atomic E-state index is -0.405. The van der Waals surface area contributed by atoms with Crippen molar-refractivity contribution in [2.24, 2.45) is 0 Å². The van der Waals surface area contributed by atoms with Gasteiger partial charge in [0.25, 0.3) is 5.91 Å². The van der Waals surface area contributed by atoms with Crippen molar-refractivity contribution in [2.75, 3.05) is 0 Å². The molecule has 0 saturated carbocycles. The third kappa shape index (κ3) is 3.48. The van der Waals surface area contributed by atoms with Gasteiger partial charge in [0.05, 0.1) is 18.1 Å². The highest BCUT2D eigenvalue weighted by Crippen LogP contribution is 2.07. The van der Waals surface area contributed by atoms with Gasteiger partial charge in [-0.2, -0.15) is 0 Å². The number of carbonyl (C=O) groups excluding carboxylic acids is 2. The molecule has 6 heteroatoms. The summed E-state index contributed by atoms with van der Waals surface area (Å²) in [6, 6.07) is 5.09. The van der Waals surface area contributed by atoms with Crippen LogP contribution in [0.2, 0.25) is 0 Å². The fourth-order valence-corrected chi connectivity index (χ4v) is 1.57. The molecule has 19 heavy (non-hydrogen) atoms. The highest BCUT2D eigenvalue weighted by molar-refractivity contribution is 5.96. The highest BCUT2D eigenvalue weighted by atomic mass is 16.3. The Bertz CT molecular complexity index is 557. The maximum Gasteiger partial charge on any atom is 0.273 e. The summed E-state index contributed by atoms with van der Waals surface area (Å²) >= 11 is 0. The van der Waals surface area contributed by atoms with Crippen molar-refractivity contribution < 1.29 is 18.4 Å².